The van der Waals surface area contributed by atoms with E-state index >= 15 is 0 Å². The van der Waals surface area contributed by atoms with Crippen LogP contribution in [-0.4, -0.2) is 21.9 Å². The summed E-state index contributed by atoms with van der Waals surface area (Å²) in [6.45, 7) is 0. The maximum Gasteiger partial charge on any atom is 0.353 e. The lowest BCUT2D eigenvalue weighted by Gasteiger charge is -2.06. The van der Waals surface area contributed by atoms with E-state index in [1.54, 1.807) is 7.05 Å². The molecule has 0 amide bonds. The fraction of sp³-hybridized carbons (Fsp3) is 0.111. The molecule has 0 radical (unpaired) electrons. The third kappa shape index (κ3) is 2.31. The first-order chi connectivity index (χ1) is 8.22. The highest BCUT2D eigenvalue weighted by molar-refractivity contribution is 7.08. The van der Waals surface area contributed by atoms with Crippen molar-refractivity contribution in [3.05, 3.63) is 33.3 Å². The van der Waals surface area contributed by atoms with Crippen molar-refractivity contribution < 1.29 is 4.92 Å². The third-order valence-corrected chi connectivity index (χ3v) is 2.71. The second-order valence-corrected chi connectivity index (χ2v) is 3.84. The summed E-state index contributed by atoms with van der Waals surface area (Å²) < 4.78 is 0. The van der Waals surface area contributed by atoms with Gasteiger partial charge < -0.3 is 10.6 Å². The lowest BCUT2D eigenvalue weighted by Crippen LogP contribution is -2.04. The van der Waals surface area contributed by atoms with Gasteiger partial charge in [-0.1, -0.05) is 0 Å². The van der Waals surface area contributed by atoms with Crippen molar-refractivity contribution in [1.82, 2.24) is 9.97 Å². The molecule has 0 aliphatic carbocycles. The molecule has 0 bridgehead atoms. The highest BCUT2D eigenvalue weighted by Gasteiger charge is 2.22. The van der Waals surface area contributed by atoms with Crippen molar-refractivity contribution in [2.24, 2.45) is 0 Å². The van der Waals surface area contributed by atoms with E-state index in [2.05, 4.69) is 20.6 Å². The monoisotopic (exact) mass is 251 g/mol. The predicted octanol–water partition coefficient (Wildman–Crippen LogP) is 2.23. The minimum atomic E-state index is -0.513. The molecule has 0 atom stereocenters. The molecule has 0 saturated carbocycles. The summed E-state index contributed by atoms with van der Waals surface area (Å²) in [5, 5.41) is 20.2. The second kappa shape index (κ2) is 4.74. The summed E-state index contributed by atoms with van der Waals surface area (Å²) in [5.41, 5.74) is 0.597. The Labute approximate surface area is 101 Å². The Morgan fingerprint density at radius 1 is 1.41 bits per heavy atom. The van der Waals surface area contributed by atoms with Crippen LogP contribution in [0.4, 0.5) is 23.0 Å². The molecule has 2 N–H and O–H groups in total. The van der Waals surface area contributed by atoms with Crippen LogP contribution in [0.25, 0.3) is 0 Å². The molecule has 0 aliphatic rings. The van der Waals surface area contributed by atoms with E-state index in [-0.39, 0.29) is 17.3 Å². The van der Waals surface area contributed by atoms with Crippen molar-refractivity contribution in [2.45, 2.75) is 0 Å². The van der Waals surface area contributed by atoms with Gasteiger partial charge in [-0.2, -0.15) is 11.3 Å². The van der Waals surface area contributed by atoms with E-state index in [0.717, 1.165) is 5.69 Å². The van der Waals surface area contributed by atoms with Crippen molar-refractivity contribution in [3.8, 4) is 0 Å². The molecule has 2 heterocycles. The third-order valence-electron chi connectivity index (χ3n) is 2.03. The molecule has 0 saturated heterocycles. The quantitative estimate of drug-likeness (QED) is 0.639. The number of thiophene rings is 1. The first-order valence-corrected chi connectivity index (χ1v) is 5.63. The summed E-state index contributed by atoms with van der Waals surface area (Å²) in [7, 11) is 1.57. The summed E-state index contributed by atoms with van der Waals surface area (Å²) in [6, 6.07) is 1.82. The molecule has 88 valence electrons. The Bertz CT molecular complexity index is 528. The van der Waals surface area contributed by atoms with E-state index < -0.39 is 4.92 Å². The van der Waals surface area contributed by atoms with Gasteiger partial charge in [0.1, 0.15) is 6.33 Å². The molecule has 0 aromatic carbocycles. The SMILES string of the molecule is CNc1ncnc(Nc2ccsc2)c1[N+](=O)[O-]. The molecule has 7 nitrogen and oxygen atoms in total. The molecule has 0 fully saturated rings. The topological polar surface area (TPSA) is 93.0 Å². The highest BCUT2D eigenvalue weighted by atomic mass is 32.1. The molecule has 0 aliphatic heterocycles. The number of nitrogens with one attached hydrogen (secondary N) is 2. The summed E-state index contributed by atoms with van der Waals surface area (Å²) >= 11 is 1.49. The minimum Gasteiger partial charge on any atom is -0.367 e. The van der Waals surface area contributed by atoms with Crippen molar-refractivity contribution in [2.75, 3.05) is 17.7 Å². The van der Waals surface area contributed by atoms with E-state index in [9.17, 15) is 10.1 Å². The van der Waals surface area contributed by atoms with E-state index in [1.807, 2.05) is 16.8 Å². The number of hydrogen-bond acceptors (Lipinski definition) is 7. The van der Waals surface area contributed by atoms with E-state index in [1.165, 1.54) is 17.7 Å². The Morgan fingerprint density at radius 3 is 2.76 bits per heavy atom. The van der Waals surface area contributed by atoms with Crippen LogP contribution in [0.5, 0.6) is 0 Å². The molecule has 0 unspecified atom stereocenters. The first kappa shape index (κ1) is 11.3. The highest BCUT2D eigenvalue weighted by Crippen LogP contribution is 2.31. The lowest BCUT2D eigenvalue weighted by molar-refractivity contribution is -0.383. The average molecular weight is 251 g/mol. The van der Waals surface area contributed by atoms with Gasteiger partial charge in [0, 0.05) is 12.4 Å². The van der Waals surface area contributed by atoms with E-state index in [0.29, 0.717) is 0 Å². The number of aromatic nitrogens is 2. The molecule has 8 heteroatoms. The summed E-state index contributed by atoms with van der Waals surface area (Å²) in [5.74, 6) is 0.357. The molecule has 2 aromatic rings. The zero-order chi connectivity index (χ0) is 12.3. The van der Waals surface area contributed by atoms with Gasteiger partial charge in [0.15, 0.2) is 0 Å². The Morgan fingerprint density at radius 2 is 2.18 bits per heavy atom. The molecular formula is C9H9N5O2S. The van der Waals surface area contributed by atoms with Crippen molar-refractivity contribution in [3.63, 3.8) is 0 Å². The molecule has 17 heavy (non-hydrogen) atoms. The van der Waals surface area contributed by atoms with Gasteiger partial charge in [-0.25, -0.2) is 9.97 Å². The van der Waals surface area contributed by atoms with Gasteiger partial charge in [-0.15, -0.1) is 0 Å². The summed E-state index contributed by atoms with van der Waals surface area (Å²) in [4.78, 5) is 18.2. The van der Waals surface area contributed by atoms with Crippen LogP contribution in [0.2, 0.25) is 0 Å². The van der Waals surface area contributed by atoms with Gasteiger partial charge in [0.05, 0.1) is 10.6 Å². The van der Waals surface area contributed by atoms with Gasteiger partial charge in [-0.3, -0.25) is 10.1 Å². The van der Waals surface area contributed by atoms with Crippen LogP contribution in [0.15, 0.2) is 23.2 Å². The maximum absolute atomic E-state index is 11.0. The summed E-state index contributed by atoms with van der Waals surface area (Å²) in [6.07, 6.45) is 1.27. The number of anilines is 3. The van der Waals surface area contributed by atoms with Gasteiger partial charge in [-0.05, 0) is 11.4 Å². The van der Waals surface area contributed by atoms with Crippen LogP contribution < -0.4 is 10.6 Å². The number of nitro groups is 1. The van der Waals surface area contributed by atoms with Gasteiger partial charge >= 0.3 is 5.69 Å². The zero-order valence-electron chi connectivity index (χ0n) is 8.88. The Kier molecular flexibility index (Phi) is 3.15. The fourth-order valence-corrected chi connectivity index (χ4v) is 1.89. The largest absolute Gasteiger partial charge is 0.367 e. The molecule has 2 rings (SSSR count). The molecule has 0 spiro atoms. The Hall–Kier alpha value is -2.22. The molecular weight excluding hydrogens is 242 g/mol. The van der Waals surface area contributed by atoms with Crippen LogP contribution in [-0.2, 0) is 0 Å². The maximum atomic E-state index is 11.0. The number of hydrogen-bond donors (Lipinski definition) is 2. The lowest BCUT2D eigenvalue weighted by atomic mass is 10.4. The van der Waals surface area contributed by atoms with Crippen molar-refractivity contribution in [1.29, 1.82) is 0 Å². The normalized spacial score (nSPS) is 9.94. The van der Waals surface area contributed by atoms with E-state index in [4.69, 9.17) is 0 Å². The smallest absolute Gasteiger partial charge is 0.353 e. The second-order valence-electron chi connectivity index (χ2n) is 3.06. The number of rotatable bonds is 4. The minimum absolute atomic E-state index is 0.166. The standard InChI is InChI=1S/C9H9N5O2S/c1-10-8-7(14(15)16)9(12-5-11-8)13-6-2-3-17-4-6/h2-5H,1H3,(H2,10,11,12,13). The molecule has 2 aromatic heterocycles. The van der Waals surface area contributed by atoms with Crippen LogP contribution >= 0.6 is 11.3 Å². The predicted molar refractivity (Wildman–Crippen MR) is 65.8 cm³/mol. The Balaban J connectivity index is 2.42. The zero-order valence-corrected chi connectivity index (χ0v) is 9.69. The average Bonchev–Trinajstić information content (AvgIpc) is 2.81. The number of nitrogens with zero attached hydrogens (tertiary/aromatic N) is 3. The van der Waals surface area contributed by atoms with Crippen LogP contribution in [0.3, 0.4) is 0 Å². The van der Waals surface area contributed by atoms with Crippen LogP contribution in [0, 0.1) is 10.1 Å². The van der Waals surface area contributed by atoms with Crippen molar-refractivity contribution >= 4 is 34.3 Å². The van der Waals surface area contributed by atoms with Gasteiger partial charge in [0.2, 0.25) is 11.6 Å². The van der Waals surface area contributed by atoms with Gasteiger partial charge in [0.25, 0.3) is 0 Å². The first-order valence-electron chi connectivity index (χ1n) is 4.68. The van der Waals surface area contributed by atoms with Crippen LogP contribution in [0.1, 0.15) is 0 Å². The fourth-order valence-electron chi connectivity index (χ4n) is 1.30.